The molecule has 5 heteroatoms. The molecule has 0 aliphatic carbocycles. The molecule has 1 saturated heterocycles. The van der Waals surface area contributed by atoms with Gasteiger partial charge in [-0.2, -0.15) is 11.8 Å². The van der Waals surface area contributed by atoms with Crippen molar-refractivity contribution < 1.29 is 9.53 Å². The molecule has 0 saturated carbocycles. The number of methoxy groups -OCH3 is 1. The van der Waals surface area contributed by atoms with Crippen LogP contribution in [0.4, 0.5) is 0 Å². The number of carbonyl (C=O) groups is 1. The molecule has 0 N–H and O–H groups in total. The van der Waals surface area contributed by atoms with Crippen LogP contribution in [0.2, 0.25) is 0 Å². The lowest BCUT2D eigenvalue weighted by Crippen LogP contribution is -2.39. The Kier molecular flexibility index (Phi) is 5.30. The lowest BCUT2D eigenvalue weighted by atomic mass is 10.1. The van der Waals surface area contributed by atoms with E-state index in [4.69, 9.17) is 4.74 Å². The zero-order valence-electron chi connectivity index (χ0n) is 11.2. The van der Waals surface area contributed by atoms with E-state index in [2.05, 4.69) is 27.8 Å². The van der Waals surface area contributed by atoms with E-state index in [1.165, 1.54) is 0 Å². The number of ether oxygens (including phenoxy) is 1. The molecule has 1 unspecified atom stereocenters. The van der Waals surface area contributed by atoms with Gasteiger partial charge in [-0.05, 0) is 34.1 Å². The van der Waals surface area contributed by atoms with Crippen molar-refractivity contribution in [3.8, 4) is 5.75 Å². The van der Waals surface area contributed by atoms with Gasteiger partial charge in [0.15, 0.2) is 5.78 Å². The third kappa shape index (κ3) is 3.97. The van der Waals surface area contributed by atoms with Crippen molar-refractivity contribution in [2.45, 2.75) is 12.2 Å². The maximum atomic E-state index is 12.3. The molecule has 0 aromatic heterocycles. The molecule has 0 radical (unpaired) electrons. The van der Waals surface area contributed by atoms with Gasteiger partial charge in [-0.3, -0.25) is 9.69 Å². The Morgan fingerprint density at radius 3 is 3.00 bits per heavy atom. The van der Waals surface area contributed by atoms with Gasteiger partial charge in [-0.15, -0.1) is 0 Å². The molecule has 104 valence electrons. The highest BCUT2D eigenvalue weighted by atomic mass is 79.9. The summed E-state index contributed by atoms with van der Waals surface area (Å²) < 4.78 is 5.99. The topological polar surface area (TPSA) is 29.5 Å². The molecule has 1 atom stereocenters. The van der Waals surface area contributed by atoms with E-state index in [-0.39, 0.29) is 5.78 Å². The van der Waals surface area contributed by atoms with Crippen LogP contribution in [-0.2, 0) is 0 Å². The van der Waals surface area contributed by atoms with Crippen LogP contribution in [0.1, 0.15) is 17.3 Å². The van der Waals surface area contributed by atoms with Crippen molar-refractivity contribution in [3.05, 3.63) is 28.2 Å². The average molecular weight is 344 g/mol. The minimum Gasteiger partial charge on any atom is -0.496 e. The smallest absolute Gasteiger partial charge is 0.176 e. The van der Waals surface area contributed by atoms with Crippen LogP contribution in [0.15, 0.2) is 22.7 Å². The van der Waals surface area contributed by atoms with Gasteiger partial charge in [-0.25, -0.2) is 0 Å². The Hall–Kier alpha value is -0.520. The first-order chi connectivity index (χ1) is 9.10. The largest absolute Gasteiger partial charge is 0.496 e. The number of benzene rings is 1. The molecule has 0 spiro atoms. The quantitative estimate of drug-likeness (QED) is 0.785. The molecular weight excluding hydrogens is 326 g/mol. The lowest BCUT2D eigenvalue weighted by Gasteiger charge is -2.29. The van der Waals surface area contributed by atoms with E-state index in [9.17, 15) is 4.79 Å². The van der Waals surface area contributed by atoms with E-state index >= 15 is 0 Å². The number of ketones is 1. The molecule has 3 nitrogen and oxygen atoms in total. The fraction of sp³-hybridized carbons (Fsp3) is 0.500. The second-order valence-electron chi connectivity index (χ2n) is 4.69. The Bertz CT molecular complexity index is 467. The number of hydrogen-bond donors (Lipinski definition) is 0. The third-order valence-electron chi connectivity index (χ3n) is 3.17. The Labute approximate surface area is 126 Å². The maximum absolute atomic E-state index is 12.3. The summed E-state index contributed by atoms with van der Waals surface area (Å²) in [6.45, 7) is 4.71. The Morgan fingerprint density at radius 2 is 2.37 bits per heavy atom. The lowest BCUT2D eigenvalue weighted by molar-refractivity contribution is 0.0933. The van der Waals surface area contributed by atoms with Crippen LogP contribution in [0.25, 0.3) is 0 Å². The minimum absolute atomic E-state index is 0.169. The highest BCUT2D eigenvalue weighted by molar-refractivity contribution is 9.10. The highest BCUT2D eigenvalue weighted by Gasteiger charge is 2.19. The minimum atomic E-state index is 0.169. The fourth-order valence-electron chi connectivity index (χ4n) is 2.17. The summed E-state index contributed by atoms with van der Waals surface area (Å²) in [5, 5.41) is 0.615. The second kappa shape index (κ2) is 6.77. The fourth-order valence-corrected chi connectivity index (χ4v) is 3.79. The van der Waals surface area contributed by atoms with Crippen LogP contribution in [0.5, 0.6) is 5.75 Å². The van der Waals surface area contributed by atoms with Crippen LogP contribution >= 0.6 is 27.7 Å². The average Bonchev–Trinajstić information content (AvgIpc) is 2.38. The number of rotatable bonds is 4. The van der Waals surface area contributed by atoms with E-state index in [1.807, 2.05) is 30.0 Å². The molecule has 1 aromatic rings. The predicted octanol–water partition coefficient (Wildman–Crippen LogP) is 3.08. The number of carbonyl (C=O) groups excluding carboxylic acids is 1. The normalized spacial score (nSPS) is 20.3. The molecule has 19 heavy (non-hydrogen) atoms. The molecule has 1 aromatic carbocycles. The summed E-state index contributed by atoms with van der Waals surface area (Å²) >= 11 is 5.39. The molecule has 0 bridgehead atoms. The molecule has 2 rings (SSSR count). The molecular formula is C14H18BrNO2S. The first-order valence-electron chi connectivity index (χ1n) is 6.31. The molecule has 1 heterocycles. The van der Waals surface area contributed by atoms with Gasteiger partial charge in [0.2, 0.25) is 0 Å². The van der Waals surface area contributed by atoms with E-state index in [0.29, 0.717) is 11.8 Å². The molecule has 1 aliphatic heterocycles. The number of hydrogen-bond acceptors (Lipinski definition) is 4. The number of thioether (sulfide) groups is 1. The summed E-state index contributed by atoms with van der Waals surface area (Å²) in [5.41, 5.74) is 0.735. The third-order valence-corrected chi connectivity index (χ3v) is 4.92. The van der Waals surface area contributed by atoms with Crippen LogP contribution in [-0.4, -0.2) is 48.4 Å². The summed E-state index contributed by atoms with van der Waals surface area (Å²) in [6, 6.07) is 5.49. The summed E-state index contributed by atoms with van der Waals surface area (Å²) in [7, 11) is 1.62. The van der Waals surface area contributed by atoms with Gasteiger partial charge in [0.05, 0.1) is 18.1 Å². The van der Waals surface area contributed by atoms with Crippen molar-refractivity contribution in [3.63, 3.8) is 0 Å². The van der Waals surface area contributed by atoms with E-state index in [0.717, 1.165) is 34.6 Å². The molecule has 1 fully saturated rings. The van der Waals surface area contributed by atoms with Crippen molar-refractivity contribution in [1.82, 2.24) is 4.90 Å². The number of nitrogens with zero attached hydrogens (tertiary/aromatic N) is 1. The van der Waals surface area contributed by atoms with Crippen molar-refractivity contribution in [1.29, 1.82) is 0 Å². The van der Waals surface area contributed by atoms with Gasteiger partial charge < -0.3 is 4.74 Å². The van der Waals surface area contributed by atoms with E-state index < -0.39 is 0 Å². The Balaban J connectivity index is 2.01. The van der Waals surface area contributed by atoms with Crippen molar-refractivity contribution in [2.75, 3.05) is 32.5 Å². The SMILES string of the molecule is COc1ccc(C(=O)CN2CCSC(C)C2)cc1Br. The zero-order valence-corrected chi connectivity index (χ0v) is 13.6. The highest BCUT2D eigenvalue weighted by Crippen LogP contribution is 2.26. The van der Waals surface area contributed by atoms with Crippen LogP contribution < -0.4 is 4.74 Å². The van der Waals surface area contributed by atoms with Gasteiger partial charge in [0.25, 0.3) is 0 Å². The molecule has 1 aliphatic rings. The van der Waals surface area contributed by atoms with Gasteiger partial charge in [0, 0.05) is 29.7 Å². The van der Waals surface area contributed by atoms with Crippen molar-refractivity contribution >= 4 is 33.5 Å². The standard InChI is InChI=1S/C14H18BrNO2S/c1-10-8-16(5-6-19-10)9-13(17)11-3-4-14(18-2)12(15)7-11/h3-4,7,10H,5-6,8-9H2,1-2H3. The number of Topliss-reactive ketones (excluding diaryl/α,β-unsaturated/α-hetero) is 1. The van der Waals surface area contributed by atoms with Gasteiger partial charge in [0.1, 0.15) is 5.75 Å². The van der Waals surface area contributed by atoms with Crippen LogP contribution in [0.3, 0.4) is 0 Å². The van der Waals surface area contributed by atoms with Crippen LogP contribution in [0, 0.1) is 0 Å². The monoisotopic (exact) mass is 343 g/mol. The zero-order chi connectivity index (χ0) is 13.8. The molecule has 0 amide bonds. The first-order valence-corrected chi connectivity index (χ1v) is 8.15. The maximum Gasteiger partial charge on any atom is 0.176 e. The summed E-state index contributed by atoms with van der Waals surface area (Å²) in [4.78, 5) is 14.5. The first kappa shape index (κ1) is 14.9. The van der Waals surface area contributed by atoms with Crippen molar-refractivity contribution in [2.24, 2.45) is 0 Å². The van der Waals surface area contributed by atoms with Gasteiger partial charge in [-0.1, -0.05) is 6.92 Å². The van der Waals surface area contributed by atoms with Gasteiger partial charge >= 0.3 is 0 Å². The Morgan fingerprint density at radius 1 is 1.58 bits per heavy atom. The van der Waals surface area contributed by atoms with E-state index in [1.54, 1.807) is 7.11 Å². The number of halogens is 1. The second-order valence-corrected chi connectivity index (χ2v) is 7.09. The predicted molar refractivity (Wildman–Crippen MR) is 83.4 cm³/mol. The summed E-state index contributed by atoms with van der Waals surface area (Å²) in [6.07, 6.45) is 0. The summed E-state index contributed by atoms with van der Waals surface area (Å²) in [5.74, 6) is 2.03.